The standard InChI is InChI=1S/C15H28N2O/c1-2-11(9-10-16)3-8-14(18)17-15(12-4-5-12)13-6-7-13/h11-13,15H,2-10,16H2,1H3,(H,17,18). The lowest BCUT2D eigenvalue weighted by Crippen LogP contribution is -2.38. The quantitative estimate of drug-likeness (QED) is 0.662. The second-order valence-corrected chi connectivity index (χ2v) is 6.16. The first-order valence-electron chi connectivity index (χ1n) is 7.74. The number of carbonyl (C=O) groups excluding carboxylic acids is 1. The highest BCUT2D eigenvalue weighted by molar-refractivity contribution is 5.76. The van der Waals surface area contributed by atoms with Crippen molar-refractivity contribution in [3.63, 3.8) is 0 Å². The Morgan fingerprint density at radius 3 is 2.28 bits per heavy atom. The van der Waals surface area contributed by atoms with E-state index in [-0.39, 0.29) is 5.91 Å². The largest absolute Gasteiger partial charge is 0.353 e. The molecule has 2 fully saturated rings. The summed E-state index contributed by atoms with van der Waals surface area (Å²) < 4.78 is 0. The van der Waals surface area contributed by atoms with Crippen molar-refractivity contribution in [3.8, 4) is 0 Å². The Bertz CT molecular complexity index is 260. The summed E-state index contributed by atoms with van der Waals surface area (Å²) in [4.78, 5) is 12.0. The molecule has 0 spiro atoms. The van der Waals surface area contributed by atoms with Crippen molar-refractivity contribution >= 4 is 5.91 Å². The first kappa shape index (κ1) is 13.9. The summed E-state index contributed by atoms with van der Waals surface area (Å²) >= 11 is 0. The monoisotopic (exact) mass is 252 g/mol. The number of hydrogen-bond donors (Lipinski definition) is 2. The average Bonchev–Trinajstić information content (AvgIpc) is 3.23. The molecular weight excluding hydrogens is 224 g/mol. The average molecular weight is 252 g/mol. The lowest BCUT2D eigenvalue weighted by Gasteiger charge is -2.19. The molecule has 0 aromatic carbocycles. The molecule has 2 rings (SSSR count). The molecular formula is C15H28N2O. The van der Waals surface area contributed by atoms with E-state index in [2.05, 4.69) is 12.2 Å². The van der Waals surface area contributed by atoms with E-state index in [0.29, 0.717) is 18.4 Å². The summed E-state index contributed by atoms with van der Waals surface area (Å²) in [7, 11) is 0. The predicted molar refractivity (Wildman–Crippen MR) is 74.1 cm³/mol. The number of nitrogens with two attached hydrogens (primary N) is 1. The molecule has 2 aliphatic rings. The number of amides is 1. The van der Waals surface area contributed by atoms with Crippen molar-refractivity contribution < 1.29 is 4.79 Å². The fourth-order valence-corrected chi connectivity index (χ4v) is 2.91. The van der Waals surface area contributed by atoms with Gasteiger partial charge in [-0.2, -0.15) is 0 Å². The third-order valence-electron chi connectivity index (χ3n) is 4.52. The van der Waals surface area contributed by atoms with Gasteiger partial charge in [-0.3, -0.25) is 4.79 Å². The molecule has 0 aromatic heterocycles. The summed E-state index contributed by atoms with van der Waals surface area (Å²) in [6.07, 6.45) is 9.18. The van der Waals surface area contributed by atoms with Crippen LogP contribution in [0.2, 0.25) is 0 Å². The normalized spacial score (nSPS) is 21.1. The Morgan fingerprint density at radius 1 is 1.22 bits per heavy atom. The molecule has 1 atom stereocenters. The smallest absolute Gasteiger partial charge is 0.220 e. The molecule has 0 saturated heterocycles. The first-order chi connectivity index (χ1) is 8.74. The van der Waals surface area contributed by atoms with Gasteiger partial charge < -0.3 is 11.1 Å². The first-order valence-corrected chi connectivity index (χ1v) is 7.74. The van der Waals surface area contributed by atoms with Crippen molar-refractivity contribution in [3.05, 3.63) is 0 Å². The van der Waals surface area contributed by atoms with E-state index in [1.807, 2.05) is 0 Å². The van der Waals surface area contributed by atoms with Crippen LogP contribution < -0.4 is 11.1 Å². The minimum Gasteiger partial charge on any atom is -0.353 e. The van der Waals surface area contributed by atoms with Crippen molar-refractivity contribution in [2.45, 2.75) is 64.3 Å². The Kier molecular flexibility index (Phi) is 5.04. The second kappa shape index (κ2) is 6.55. The zero-order valence-electron chi connectivity index (χ0n) is 11.7. The van der Waals surface area contributed by atoms with Crippen LogP contribution in [0.5, 0.6) is 0 Å². The van der Waals surface area contributed by atoms with Crippen LogP contribution in [0.25, 0.3) is 0 Å². The summed E-state index contributed by atoms with van der Waals surface area (Å²) in [6.45, 7) is 2.93. The van der Waals surface area contributed by atoms with Crippen molar-refractivity contribution in [1.29, 1.82) is 0 Å². The molecule has 1 unspecified atom stereocenters. The lowest BCUT2D eigenvalue weighted by molar-refractivity contribution is -0.122. The Balaban J connectivity index is 1.67. The number of hydrogen-bond acceptors (Lipinski definition) is 2. The van der Waals surface area contributed by atoms with Crippen LogP contribution >= 0.6 is 0 Å². The fourth-order valence-electron chi connectivity index (χ4n) is 2.91. The fraction of sp³-hybridized carbons (Fsp3) is 0.933. The third kappa shape index (κ3) is 4.27. The Hall–Kier alpha value is -0.570. The highest BCUT2D eigenvalue weighted by Crippen LogP contribution is 2.44. The van der Waals surface area contributed by atoms with Crippen LogP contribution in [-0.4, -0.2) is 18.5 Å². The van der Waals surface area contributed by atoms with Crippen molar-refractivity contribution in [1.82, 2.24) is 5.32 Å². The maximum Gasteiger partial charge on any atom is 0.220 e. The SMILES string of the molecule is CCC(CCN)CCC(=O)NC(C1CC1)C1CC1. The molecule has 1 amide bonds. The van der Waals surface area contributed by atoms with Gasteiger partial charge in [0.05, 0.1) is 0 Å². The van der Waals surface area contributed by atoms with Gasteiger partial charge in [0.25, 0.3) is 0 Å². The van der Waals surface area contributed by atoms with Gasteiger partial charge in [-0.25, -0.2) is 0 Å². The van der Waals surface area contributed by atoms with Gasteiger partial charge >= 0.3 is 0 Å². The van der Waals surface area contributed by atoms with Gasteiger partial charge in [-0.15, -0.1) is 0 Å². The minimum atomic E-state index is 0.272. The molecule has 3 N–H and O–H groups in total. The molecule has 104 valence electrons. The molecule has 18 heavy (non-hydrogen) atoms. The molecule has 2 saturated carbocycles. The van der Waals surface area contributed by atoms with Crippen LogP contribution in [0.3, 0.4) is 0 Å². The molecule has 0 aliphatic heterocycles. The highest BCUT2D eigenvalue weighted by atomic mass is 16.1. The van der Waals surface area contributed by atoms with Crippen LogP contribution in [0.15, 0.2) is 0 Å². The summed E-state index contributed by atoms with van der Waals surface area (Å²) in [5, 5.41) is 3.29. The highest BCUT2D eigenvalue weighted by Gasteiger charge is 2.42. The van der Waals surface area contributed by atoms with Gasteiger partial charge in [0.1, 0.15) is 0 Å². The van der Waals surface area contributed by atoms with Gasteiger partial charge in [0, 0.05) is 12.5 Å². The van der Waals surface area contributed by atoms with Crippen LogP contribution in [0.4, 0.5) is 0 Å². The minimum absolute atomic E-state index is 0.272. The maximum atomic E-state index is 12.0. The van der Waals surface area contributed by atoms with Gasteiger partial charge in [0.15, 0.2) is 0 Å². The zero-order valence-corrected chi connectivity index (χ0v) is 11.7. The van der Waals surface area contributed by atoms with E-state index in [4.69, 9.17) is 5.73 Å². The second-order valence-electron chi connectivity index (χ2n) is 6.16. The topological polar surface area (TPSA) is 55.1 Å². The number of nitrogens with one attached hydrogen (secondary N) is 1. The Labute approximate surface area is 111 Å². The number of carbonyl (C=O) groups is 1. The van der Waals surface area contributed by atoms with Crippen LogP contribution in [0.1, 0.15) is 58.3 Å². The van der Waals surface area contributed by atoms with Crippen LogP contribution in [-0.2, 0) is 4.79 Å². The Morgan fingerprint density at radius 2 is 1.83 bits per heavy atom. The van der Waals surface area contributed by atoms with E-state index >= 15 is 0 Å². The molecule has 0 aromatic rings. The van der Waals surface area contributed by atoms with E-state index in [1.165, 1.54) is 25.7 Å². The van der Waals surface area contributed by atoms with E-state index in [0.717, 1.165) is 37.6 Å². The number of rotatable bonds is 9. The molecule has 0 heterocycles. The van der Waals surface area contributed by atoms with E-state index in [1.54, 1.807) is 0 Å². The lowest BCUT2D eigenvalue weighted by atomic mass is 9.96. The van der Waals surface area contributed by atoms with Gasteiger partial charge in [-0.05, 0) is 62.8 Å². The summed E-state index contributed by atoms with van der Waals surface area (Å²) in [5.41, 5.74) is 5.59. The van der Waals surface area contributed by atoms with Crippen LogP contribution in [0, 0.1) is 17.8 Å². The van der Waals surface area contributed by atoms with Gasteiger partial charge in [-0.1, -0.05) is 13.3 Å². The summed E-state index contributed by atoms with van der Waals surface area (Å²) in [5.74, 6) is 2.50. The predicted octanol–water partition coefficient (Wildman–Crippen LogP) is 2.45. The van der Waals surface area contributed by atoms with E-state index in [9.17, 15) is 4.79 Å². The van der Waals surface area contributed by atoms with Crippen molar-refractivity contribution in [2.75, 3.05) is 6.54 Å². The molecule has 0 radical (unpaired) electrons. The molecule has 3 heteroatoms. The zero-order chi connectivity index (χ0) is 13.0. The third-order valence-corrected chi connectivity index (χ3v) is 4.52. The molecule has 2 aliphatic carbocycles. The van der Waals surface area contributed by atoms with Crippen molar-refractivity contribution in [2.24, 2.45) is 23.5 Å². The van der Waals surface area contributed by atoms with Gasteiger partial charge in [0.2, 0.25) is 5.91 Å². The van der Waals surface area contributed by atoms with E-state index < -0.39 is 0 Å². The molecule has 0 bridgehead atoms. The molecule has 3 nitrogen and oxygen atoms in total. The summed E-state index contributed by atoms with van der Waals surface area (Å²) in [6, 6.07) is 0.507. The maximum absolute atomic E-state index is 12.0.